The largest absolute Gasteiger partial charge is 0.410 e. The fourth-order valence-corrected chi connectivity index (χ4v) is 3.44. The molecule has 0 saturated heterocycles. The Kier molecular flexibility index (Phi) is 3.67. The minimum absolute atomic E-state index is 0.830. The second kappa shape index (κ2) is 5.43. The molecule has 3 rings (SSSR count). The summed E-state index contributed by atoms with van der Waals surface area (Å²) >= 11 is 0.898. The monoisotopic (exact) mass is 273 g/mol. The Morgan fingerprint density at radius 2 is 1.89 bits per heavy atom. The summed E-state index contributed by atoms with van der Waals surface area (Å²) in [5.74, 6) is 0.830. The number of benzene rings is 1. The number of hydrogen-bond acceptors (Lipinski definition) is 3. The van der Waals surface area contributed by atoms with Crippen LogP contribution < -0.4 is 9.32 Å². The van der Waals surface area contributed by atoms with Gasteiger partial charge in [0, 0.05) is 0 Å². The molecular formula is C16H19NOS. The van der Waals surface area contributed by atoms with Gasteiger partial charge in [0.05, 0.1) is 0 Å². The first kappa shape index (κ1) is 12.8. The lowest BCUT2D eigenvalue weighted by Gasteiger charge is -2.24. The van der Waals surface area contributed by atoms with Crippen molar-refractivity contribution < 1.29 is 4.18 Å². The van der Waals surface area contributed by atoms with E-state index in [9.17, 15) is 0 Å². The van der Waals surface area contributed by atoms with E-state index in [2.05, 4.69) is 18.7 Å². The summed E-state index contributed by atoms with van der Waals surface area (Å²) in [5.41, 5.74) is 7.07. The van der Waals surface area contributed by atoms with Gasteiger partial charge in [0.25, 0.3) is 0 Å². The van der Waals surface area contributed by atoms with Gasteiger partial charge in [0.2, 0.25) is 0 Å². The SMILES string of the molecule is C=C1Cc2cc(OSN)ccc2C2=C1CCCCC2. The molecule has 2 aliphatic rings. The number of hydrogen-bond donors (Lipinski definition) is 1. The van der Waals surface area contributed by atoms with Crippen molar-refractivity contribution >= 4 is 17.8 Å². The Morgan fingerprint density at radius 3 is 2.68 bits per heavy atom. The summed E-state index contributed by atoms with van der Waals surface area (Å²) in [6, 6.07) is 6.31. The van der Waals surface area contributed by atoms with Crippen LogP contribution in [0, 0.1) is 0 Å². The first-order chi connectivity index (χ1) is 9.29. The lowest BCUT2D eigenvalue weighted by molar-refractivity contribution is 0.645. The summed E-state index contributed by atoms with van der Waals surface area (Å²) < 4.78 is 5.32. The second-order valence-corrected chi connectivity index (χ2v) is 5.66. The fraction of sp³-hybridized carbons (Fsp3) is 0.375. The van der Waals surface area contributed by atoms with Crippen molar-refractivity contribution in [1.82, 2.24) is 0 Å². The van der Waals surface area contributed by atoms with Crippen molar-refractivity contribution in [3.8, 4) is 5.75 Å². The smallest absolute Gasteiger partial charge is 0.140 e. The fourth-order valence-electron chi connectivity index (χ4n) is 3.22. The molecule has 1 aromatic rings. The molecule has 2 aliphatic carbocycles. The highest BCUT2D eigenvalue weighted by Gasteiger charge is 2.23. The lowest BCUT2D eigenvalue weighted by Crippen LogP contribution is -2.07. The molecule has 3 heteroatoms. The summed E-state index contributed by atoms with van der Waals surface area (Å²) in [6.45, 7) is 4.29. The number of rotatable bonds is 2. The van der Waals surface area contributed by atoms with Crippen molar-refractivity contribution in [1.29, 1.82) is 0 Å². The molecule has 0 bridgehead atoms. The van der Waals surface area contributed by atoms with Gasteiger partial charge >= 0.3 is 0 Å². The summed E-state index contributed by atoms with van der Waals surface area (Å²) in [4.78, 5) is 0. The molecule has 100 valence electrons. The molecule has 2 nitrogen and oxygen atoms in total. The van der Waals surface area contributed by atoms with Crippen LogP contribution in [0.3, 0.4) is 0 Å². The predicted octanol–water partition coefficient (Wildman–Crippen LogP) is 4.42. The highest BCUT2D eigenvalue weighted by atomic mass is 32.2. The van der Waals surface area contributed by atoms with Gasteiger partial charge in [-0.3, -0.25) is 0 Å². The van der Waals surface area contributed by atoms with E-state index < -0.39 is 0 Å². The van der Waals surface area contributed by atoms with Gasteiger partial charge in [-0.05, 0) is 72.1 Å². The zero-order valence-electron chi connectivity index (χ0n) is 11.1. The predicted molar refractivity (Wildman–Crippen MR) is 81.7 cm³/mol. The van der Waals surface area contributed by atoms with Gasteiger partial charge in [-0.25, -0.2) is 5.14 Å². The normalized spacial score (nSPS) is 18.7. The van der Waals surface area contributed by atoms with E-state index in [-0.39, 0.29) is 0 Å². The zero-order valence-corrected chi connectivity index (χ0v) is 11.9. The third kappa shape index (κ3) is 2.45. The van der Waals surface area contributed by atoms with Crippen LogP contribution in [0.4, 0.5) is 0 Å². The van der Waals surface area contributed by atoms with E-state index in [1.807, 2.05) is 6.07 Å². The van der Waals surface area contributed by atoms with E-state index >= 15 is 0 Å². The van der Waals surface area contributed by atoms with Gasteiger partial charge in [-0.15, -0.1) is 0 Å². The topological polar surface area (TPSA) is 35.2 Å². The Labute approximate surface area is 119 Å². The molecule has 19 heavy (non-hydrogen) atoms. The maximum atomic E-state index is 5.36. The number of fused-ring (bicyclic) bond motifs is 2. The maximum absolute atomic E-state index is 5.36. The van der Waals surface area contributed by atoms with Gasteiger partial charge in [-0.1, -0.05) is 19.1 Å². The molecule has 0 atom stereocenters. The van der Waals surface area contributed by atoms with Crippen LogP contribution in [0.2, 0.25) is 0 Å². The van der Waals surface area contributed by atoms with Crippen LogP contribution in [0.1, 0.15) is 43.2 Å². The van der Waals surface area contributed by atoms with Crippen LogP contribution >= 0.6 is 12.2 Å². The zero-order chi connectivity index (χ0) is 13.2. The van der Waals surface area contributed by atoms with E-state index in [1.54, 1.807) is 0 Å². The molecule has 0 fully saturated rings. The maximum Gasteiger partial charge on any atom is 0.140 e. The standard InChI is InChI=1S/C16H19NOS/c1-11-9-12-10-13(18-19-17)7-8-15(12)16-6-4-2-3-5-14(11)16/h7-8,10H,1-6,9,17H2. The average molecular weight is 273 g/mol. The van der Waals surface area contributed by atoms with Crippen molar-refractivity contribution in [3.63, 3.8) is 0 Å². The first-order valence-corrected chi connectivity index (χ1v) is 7.67. The van der Waals surface area contributed by atoms with E-state index in [0.717, 1.165) is 24.4 Å². The van der Waals surface area contributed by atoms with Crippen molar-refractivity contribution in [2.75, 3.05) is 0 Å². The van der Waals surface area contributed by atoms with Gasteiger partial charge in [0.15, 0.2) is 0 Å². The molecule has 0 spiro atoms. The highest BCUT2D eigenvalue weighted by Crippen LogP contribution is 2.42. The quantitative estimate of drug-likeness (QED) is 0.640. The molecule has 0 radical (unpaired) electrons. The second-order valence-electron chi connectivity index (χ2n) is 5.30. The van der Waals surface area contributed by atoms with Crippen LogP contribution in [0.5, 0.6) is 5.75 Å². The summed E-state index contributed by atoms with van der Waals surface area (Å²) in [6.07, 6.45) is 7.26. The Morgan fingerprint density at radius 1 is 1.11 bits per heavy atom. The molecule has 1 aromatic carbocycles. The third-order valence-electron chi connectivity index (χ3n) is 4.09. The minimum atomic E-state index is 0.830. The molecule has 0 aliphatic heterocycles. The van der Waals surface area contributed by atoms with Gasteiger partial charge in [0.1, 0.15) is 18.0 Å². The lowest BCUT2D eigenvalue weighted by atomic mass is 9.81. The Balaban J connectivity index is 2.04. The minimum Gasteiger partial charge on any atom is -0.410 e. The molecule has 0 heterocycles. The molecule has 2 N–H and O–H groups in total. The first-order valence-electron chi connectivity index (χ1n) is 6.86. The van der Waals surface area contributed by atoms with Crippen LogP contribution in [0.25, 0.3) is 5.57 Å². The van der Waals surface area contributed by atoms with E-state index in [4.69, 9.17) is 9.32 Å². The third-order valence-corrected chi connectivity index (χ3v) is 4.38. The molecule has 0 aromatic heterocycles. The summed E-state index contributed by atoms with van der Waals surface area (Å²) in [7, 11) is 0. The number of nitrogens with two attached hydrogens (primary N) is 1. The average Bonchev–Trinajstić information content (AvgIpc) is 2.65. The summed E-state index contributed by atoms with van der Waals surface area (Å²) in [5, 5.41) is 5.36. The number of allylic oxidation sites excluding steroid dienone is 3. The van der Waals surface area contributed by atoms with E-state index in [1.165, 1.54) is 60.0 Å². The van der Waals surface area contributed by atoms with Gasteiger partial charge < -0.3 is 4.18 Å². The molecular weight excluding hydrogens is 254 g/mol. The van der Waals surface area contributed by atoms with Crippen LogP contribution in [-0.4, -0.2) is 0 Å². The van der Waals surface area contributed by atoms with Gasteiger partial charge in [-0.2, -0.15) is 0 Å². The van der Waals surface area contributed by atoms with Crippen LogP contribution in [-0.2, 0) is 6.42 Å². The van der Waals surface area contributed by atoms with Crippen LogP contribution in [0.15, 0.2) is 35.9 Å². The Bertz CT molecular complexity index is 548. The molecule has 0 amide bonds. The van der Waals surface area contributed by atoms with Crippen molar-refractivity contribution in [3.05, 3.63) is 47.1 Å². The Hall–Kier alpha value is -1.19. The molecule has 0 unspecified atom stereocenters. The van der Waals surface area contributed by atoms with Crippen molar-refractivity contribution in [2.45, 2.75) is 38.5 Å². The van der Waals surface area contributed by atoms with Crippen molar-refractivity contribution in [2.24, 2.45) is 5.14 Å². The highest BCUT2D eigenvalue weighted by molar-refractivity contribution is 7.92. The van der Waals surface area contributed by atoms with E-state index in [0.29, 0.717) is 0 Å². The molecule has 0 saturated carbocycles.